The van der Waals surface area contributed by atoms with Gasteiger partial charge in [-0.2, -0.15) is 0 Å². The Bertz CT molecular complexity index is 1350. The van der Waals surface area contributed by atoms with Crippen LogP contribution in [0.1, 0.15) is 16.3 Å². The Kier molecular flexibility index (Phi) is 11.8. The summed E-state index contributed by atoms with van der Waals surface area (Å²) in [4.78, 5) is 63.9. The molecule has 7 N–H and O–H groups in total. The molecule has 2 aromatic rings. The molecule has 2 aromatic heterocycles. The number of carbonyl (C=O) groups excluding carboxylic acids is 2. The van der Waals surface area contributed by atoms with E-state index in [1.54, 1.807) is 6.92 Å². The molecule has 2 aliphatic rings. The van der Waals surface area contributed by atoms with Gasteiger partial charge in [-0.25, -0.2) is 14.8 Å². The molecule has 19 heteroatoms. The largest absolute Gasteiger partial charge is 1.00 e. The molecule has 1 fully saturated rings. The molecule has 0 bridgehead atoms. The van der Waals surface area contributed by atoms with Gasteiger partial charge in [0.2, 0.25) is 0 Å². The van der Waals surface area contributed by atoms with Crippen LogP contribution in [0.25, 0.3) is 0 Å². The summed E-state index contributed by atoms with van der Waals surface area (Å²) in [5, 5.41) is 26.3. The number of rotatable bonds is 10. The average molecular weight is 626 g/mol. The van der Waals surface area contributed by atoms with Crippen LogP contribution in [0.2, 0.25) is 0 Å². The summed E-state index contributed by atoms with van der Waals surface area (Å²) in [6, 6.07) is -0.959. The SMILES string of the molecule is CO/N=C(\C(=O)N[C@@H]1C(=O)N2C(C(=O)O)=C(CSc3nc(C)c(CC(=O)O)s3)CS[C@H]12)c1csc(N)n1.O.[Na+]. The first-order valence-electron chi connectivity index (χ1n) is 10.4. The van der Waals surface area contributed by atoms with Gasteiger partial charge < -0.3 is 31.6 Å². The number of nitrogens with zero attached hydrogens (tertiary/aromatic N) is 4. The van der Waals surface area contributed by atoms with Gasteiger partial charge in [-0.3, -0.25) is 19.3 Å². The van der Waals surface area contributed by atoms with Crippen LogP contribution < -0.4 is 40.6 Å². The predicted octanol–water partition coefficient (Wildman–Crippen LogP) is -2.82. The second kappa shape index (κ2) is 13.9. The Balaban J connectivity index is 0.00000267. The number of β-lactam (4-membered cyclic amide) rings is 1. The number of fused-ring (bicyclic) bond motifs is 1. The maximum absolute atomic E-state index is 13.0. The zero-order valence-corrected chi connectivity index (χ0v) is 26.1. The van der Waals surface area contributed by atoms with Crippen LogP contribution in [0.4, 0.5) is 5.13 Å². The van der Waals surface area contributed by atoms with Gasteiger partial charge in [0.1, 0.15) is 29.9 Å². The number of anilines is 1. The second-order valence-corrected chi connectivity index (χ2v) is 12.0. The van der Waals surface area contributed by atoms with Crippen LogP contribution in [-0.4, -0.2) is 90.1 Å². The van der Waals surface area contributed by atoms with Gasteiger partial charge in [-0.1, -0.05) is 16.9 Å². The van der Waals surface area contributed by atoms with Crippen molar-refractivity contribution in [3.63, 3.8) is 0 Å². The summed E-state index contributed by atoms with van der Waals surface area (Å²) in [5.74, 6) is -2.89. The zero-order chi connectivity index (χ0) is 26.9. The second-order valence-electron chi connectivity index (χ2n) is 7.66. The third-order valence-corrected chi connectivity index (χ3v) is 9.65. The molecule has 2 aliphatic heterocycles. The van der Waals surface area contributed by atoms with Crippen molar-refractivity contribution >= 4 is 80.8 Å². The van der Waals surface area contributed by atoms with Crippen LogP contribution in [0.3, 0.4) is 0 Å². The number of nitrogen functional groups attached to an aromatic ring is 1. The fourth-order valence-electron chi connectivity index (χ4n) is 3.61. The monoisotopic (exact) mass is 625 g/mol. The number of thiazole rings is 2. The smallest absolute Gasteiger partial charge is 0.481 e. The Morgan fingerprint density at radius 1 is 1.33 bits per heavy atom. The van der Waals surface area contributed by atoms with E-state index in [0.29, 0.717) is 26.2 Å². The predicted molar refractivity (Wildman–Crippen MR) is 142 cm³/mol. The van der Waals surface area contributed by atoms with E-state index in [-0.39, 0.29) is 69.4 Å². The Labute approximate surface area is 260 Å². The molecule has 0 radical (unpaired) electrons. The van der Waals surface area contributed by atoms with Gasteiger partial charge in [-0.15, -0.1) is 34.4 Å². The van der Waals surface area contributed by atoms with Gasteiger partial charge in [0.05, 0.1) is 12.1 Å². The number of oxime groups is 1. The molecular formula is C20H22N6NaO8S4+. The van der Waals surface area contributed by atoms with E-state index in [2.05, 4.69) is 20.4 Å². The molecule has 2 amide bonds. The van der Waals surface area contributed by atoms with E-state index in [9.17, 15) is 24.3 Å². The zero-order valence-electron chi connectivity index (χ0n) is 20.8. The van der Waals surface area contributed by atoms with E-state index in [4.69, 9.17) is 15.7 Å². The summed E-state index contributed by atoms with van der Waals surface area (Å²) >= 11 is 4.98. The third-order valence-electron chi connectivity index (χ3n) is 5.25. The molecule has 0 aliphatic carbocycles. The van der Waals surface area contributed by atoms with E-state index >= 15 is 0 Å². The minimum Gasteiger partial charge on any atom is -0.481 e. The number of hydrogen-bond acceptors (Lipinski definition) is 13. The van der Waals surface area contributed by atoms with Gasteiger partial charge in [0, 0.05) is 21.8 Å². The first-order chi connectivity index (χ1) is 17.6. The molecule has 0 spiro atoms. The maximum Gasteiger partial charge on any atom is 1.00 e. The van der Waals surface area contributed by atoms with Crippen molar-refractivity contribution < 1.29 is 69.3 Å². The molecule has 1 saturated heterocycles. The number of aromatic nitrogens is 2. The molecule has 14 nitrogen and oxygen atoms in total. The maximum atomic E-state index is 13.0. The number of carbonyl (C=O) groups is 4. The van der Waals surface area contributed by atoms with Crippen molar-refractivity contribution in [3.8, 4) is 0 Å². The Morgan fingerprint density at radius 2 is 2.05 bits per heavy atom. The average Bonchev–Trinajstić information content (AvgIpc) is 3.42. The number of amides is 2. The van der Waals surface area contributed by atoms with Gasteiger partial charge in [-0.05, 0) is 12.5 Å². The van der Waals surface area contributed by atoms with Gasteiger partial charge >= 0.3 is 41.5 Å². The standard InChI is InChI=1S/C20H20N6O7S4.Na.H2O/c1-7-10(3-11(27)28)37-20(22-7)36-5-8-4-34-17-13(16(30)26(17)14(8)18(31)32)24-15(29)12(25-33-2)9-6-35-19(21)23-9;;/h6,13,17H,3-5H2,1-2H3,(H2,21,23)(H,24,29)(H,27,28)(H,31,32);;1H2/q;+1;/b25-12-;;/t13-,17-;;/m1../s1. The van der Waals surface area contributed by atoms with Crippen molar-refractivity contribution in [2.45, 2.75) is 29.1 Å². The first kappa shape index (κ1) is 33.0. The minimum atomic E-state index is -1.25. The molecule has 0 aromatic carbocycles. The summed E-state index contributed by atoms with van der Waals surface area (Å²) in [6.45, 7) is 1.72. The quantitative estimate of drug-likeness (QED) is 0.0689. The summed E-state index contributed by atoms with van der Waals surface area (Å²) in [6.07, 6.45) is -0.132. The normalized spacial score (nSPS) is 18.4. The van der Waals surface area contributed by atoms with Gasteiger partial charge in [0.15, 0.2) is 15.2 Å². The Hall–Kier alpha value is -2.19. The fraction of sp³-hybridized carbons (Fsp3) is 0.350. The molecule has 0 saturated carbocycles. The van der Waals surface area contributed by atoms with Crippen molar-refractivity contribution in [3.05, 3.63) is 32.9 Å². The van der Waals surface area contributed by atoms with Crippen LogP contribution in [0.5, 0.6) is 0 Å². The fourth-order valence-corrected chi connectivity index (χ4v) is 7.87. The number of nitrogens with one attached hydrogen (secondary N) is 1. The van der Waals surface area contributed by atoms with Crippen LogP contribution >= 0.6 is 46.2 Å². The summed E-state index contributed by atoms with van der Waals surface area (Å²) in [7, 11) is 1.26. The van der Waals surface area contributed by atoms with Crippen molar-refractivity contribution in [2.24, 2.45) is 5.16 Å². The van der Waals surface area contributed by atoms with Crippen molar-refractivity contribution in [1.29, 1.82) is 0 Å². The number of aliphatic carboxylic acids is 2. The van der Waals surface area contributed by atoms with E-state index in [0.717, 1.165) is 11.3 Å². The number of thioether (sulfide) groups is 2. The number of carboxylic acids is 2. The third kappa shape index (κ3) is 7.12. The van der Waals surface area contributed by atoms with Crippen LogP contribution in [0.15, 0.2) is 26.1 Å². The molecule has 204 valence electrons. The van der Waals surface area contributed by atoms with E-state index < -0.39 is 35.2 Å². The molecular weight excluding hydrogens is 604 g/mol. The number of aryl methyl sites for hydroxylation is 1. The molecule has 39 heavy (non-hydrogen) atoms. The molecule has 4 rings (SSSR count). The molecule has 2 atom stereocenters. The van der Waals surface area contributed by atoms with E-state index in [1.807, 2.05) is 0 Å². The van der Waals surface area contributed by atoms with Crippen LogP contribution in [0, 0.1) is 6.92 Å². The van der Waals surface area contributed by atoms with Gasteiger partial charge in [0.25, 0.3) is 11.8 Å². The topological polar surface area (TPSA) is 229 Å². The molecule has 0 unspecified atom stereocenters. The number of hydrogen-bond donors (Lipinski definition) is 4. The van der Waals surface area contributed by atoms with Crippen LogP contribution in [-0.2, 0) is 30.4 Å². The van der Waals surface area contributed by atoms with E-state index in [1.165, 1.54) is 52.3 Å². The van der Waals surface area contributed by atoms with Crippen molar-refractivity contribution in [1.82, 2.24) is 20.2 Å². The van der Waals surface area contributed by atoms with Crippen molar-refractivity contribution in [2.75, 3.05) is 24.3 Å². The summed E-state index contributed by atoms with van der Waals surface area (Å²) < 4.78 is 0.617. The Morgan fingerprint density at radius 3 is 2.64 bits per heavy atom. The first-order valence-corrected chi connectivity index (χ1v) is 14.2. The minimum absolute atomic E-state index is 0. The number of nitrogens with two attached hydrogens (primary N) is 1. The summed E-state index contributed by atoms with van der Waals surface area (Å²) in [5.41, 5.74) is 6.70. The number of carboxylic acid groups (broad SMARTS) is 2. The molecule has 4 heterocycles.